The SMILES string of the molecule is NNC(=O)[C@H](CSC(c1ccccc1)c1ccccc1)NC(=O)[C@@H](CSC(c1ccccc1)(c1ccccc1)c1ccccc1)NC(=O)OCc1ccccc1. The maximum Gasteiger partial charge on any atom is 0.408 e. The summed E-state index contributed by atoms with van der Waals surface area (Å²) in [7, 11) is 0. The molecule has 6 aromatic carbocycles. The minimum atomic E-state index is -1.11. The van der Waals surface area contributed by atoms with Gasteiger partial charge in [-0.1, -0.05) is 182 Å². The third-order valence-electron chi connectivity index (χ3n) is 9.24. The Morgan fingerprint density at radius 1 is 0.536 bits per heavy atom. The highest BCUT2D eigenvalue weighted by atomic mass is 32.2. The van der Waals surface area contributed by atoms with Crippen LogP contribution in [0.25, 0.3) is 0 Å². The number of carbonyl (C=O) groups is 3. The molecule has 284 valence electrons. The predicted molar refractivity (Wildman–Crippen MR) is 227 cm³/mol. The van der Waals surface area contributed by atoms with Crippen molar-refractivity contribution in [1.82, 2.24) is 16.1 Å². The van der Waals surface area contributed by atoms with E-state index in [1.807, 2.05) is 146 Å². The van der Waals surface area contributed by atoms with E-state index in [2.05, 4.69) is 52.5 Å². The van der Waals surface area contributed by atoms with Crippen molar-refractivity contribution in [1.29, 1.82) is 0 Å². The molecule has 6 aromatic rings. The number of hydrazine groups is 1. The van der Waals surface area contributed by atoms with Crippen molar-refractivity contribution in [2.24, 2.45) is 5.84 Å². The first-order valence-corrected chi connectivity index (χ1v) is 20.3. The van der Waals surface area contributed by atoms with Crippen LogP contribution >= 0.6 is 23.5 Å². The van der Waals surface area contributed by atoms with Crippen molar-refractivity contribution < 1.29 is 19.1 Å². The van der Waals surface area contributed by atoms with E-state index in [1.165, 1.54) is 23.5 Å². The van der Waals surface area contributed by atoms with Gasteiger partial charge in [0.05, 0.1) is 10.00 Å². The highest BCUT2D eigenvalue weighted by Crippen LogP contribution is 2.48. The molecule has 2 atom stereocenters. The average Bonchev–Trinajstić information content (AvgIpc) is 3.27. The molecule has 0 aliphatic rings. The molecule has 0 fully saturated rings. The fourth-order valence-corrected chi connectivity index (χ4v) is 9.33. The van der Waals surface area contributed by atoms with Crippen LogP contribution in [-0.2, 0) is 25.7 Å². The highest BCUT2D eigenvalue weighted by Gasteiger charge is 2.39. The Morgan fingerprint density at radius 2 is 0.946 bits per heavy atom. The van der Waals surface area contributed by atoms with Crippen molar-refractivity contribution in [2.75, 3.05) is 11.5 Å². The van der Waals surface area contributed by atoms with Crippen LogP contribution in [-0.4, -0.2) is 41.5 Å². The number of rotatable bonds is 17. The van der Waals surface area contributed by atoms with E-state index in [0.717, 1.165) is 33.4 Å². The lowest BCUT2D eigenvalue weighted by Gasteiger charge is -2.36. The lowest BCUT2D eigenvalue weighted by atomic mass is 9.84. The Morgan fingerprint density at radius 3 is 1.39 bits per heavy atom. The van der Waals surface area contributed by atoms with Crippen molar-refractivity contribution in [3.05, 3.63) is 215 Å². The topological polar surface area (TPSA) is 123 Å². The first-order chi connectivity index (χ1) is 27.5. The van der Waals surface area contributed by atoms with E-state index >= 15 is 0 Å². The Kier molecular flexibility index (Phi) is 14.4. The smallest absolute Gasteiger partial charge is 0.408 e. The van der Waals surface area contributed by atoms with Gasteiger partial charge in [-0.2, -0.15) is 0 Å². The second kappa shape index (κ2) is 20.2. The Balaban J connectivity index is 1.30. The minimum absolute atomic E-state index is 0.0192. The summed E-state index contributed by atoms with van der Waals surface area (Å²) < 4.78 is 4.83. The maximum absolute atomic E-state index is 14.5. The predicted octanol–water partition coefficient (Wildman–Crippen LogP) is 8.00. The molecule has 10 heteroatoms. The van der Waals surface area contributed by atoms with Gasteiger partial charge in [0.25, 0.3) is 5.91 Å². The number of ether oxygens (including phenoxy) is 1. The number of nitrogens with two attached hydrogens (primary N) is 1. The molecule has 0 saturated heterocycles. The van der Waals surface area contributed by atoms with Gasteiger partial charge in [0.15, 0.2) is 0 Å². The lowest BCUT2D eigenvalue weighted by molar-refractivity contribution is -0.129. The summed E-state index contributed by atoms with van der Waals surface area (Å²) >= 11 is 3.03. The molecule has 0 radical (unpaired) electrons. The quantitative estimate of drug-likeness (QED) is 0.0320. The van der Waals surface area contributed by atoms with Crippen molar-refractivity contribution in [3.8, 4) is 0 Å². The molecular formula is C46H44N4O4S2. The van der Waals surface area contributed by atoms with Crippen LogP contribution in [0, 0.1) is 0 Å². The third-order valence-corrected chi connectivity index (χ3v) is 12.3. The van der Waals surface area contributed by atoms with Crippen LogP contribution in [0.3, 0.4) is 0 Å². The lowest BCUT2D eigenvalue weighted by Crippen LogP contribution is -2.56. The Bertz CT molecular complexity index is 1980. The molecule has 56 heavy (non-hydrogen) atoms. The van der Waals surface area contributed by atoms with Gasteiger partial charge in [0.2, 0.25) is 5.91 Å². The summed E-state index contributed by atoms with van der Waals surface area (Å²) in [5, 5.41) is 5.63. The maximum atomic E-state index is 14.5. The molecule has 0 saturated carbocycles. The van der Waals surface area contributed by atoms with Gasteiger partial charge in [-0.05, 0) is 33.4 Å². The fraction of sp³-hybridized carbons (Fsp3) is 0.152. The number of hydrogen-bond acceptors (Lipinski definition) is 7. The van der Waals surface area contributed by atoms with Crippen LogP contribution in [0.4, 0.5) is 4.79 Å². The standard InChI is InChI=1S/C46H44N4O4S2/c47-50-44(52)40(32-55-42(35-21-9-2-10-22-35)36-23-11-3-12-24-36)48-43(51)41(49-45(53)54-31-34-19-7-1-8-20-34)33-56-46(37-25-13-4-14-26-37,38-27-15-5-16-28-38)39-29-17-6-18-30-39/h1-30,40-42H,31-33,47H2,(H,48,51)(H,49,53)(H,50,52)/t40-,41+/m0/s1. The van der Waals surface area contributed by atoms with Gasteiger partial charge in [-0.15, -0.1) is 23.5 Å². The van der Waals surface area contributed by atoms with Gasteiger partial charge in [0.1, 0.15) is 18.7 Å². The first-order valence-electron chi connectivity index (χ1n) is 18.3. The van der Waals surface area contributed by atoms with Gasteiger partial charge < -0.3 is 15.4 Å². The van der Waals surface area contributed by atoms with Crippen LogP contribution in [0.15, 0.2) is 182 Å². The van der Waals surface area contributed by atoms with E-state index in [1.54, 1.807) is 0 Å². The number of carbonyl (C=O) groups excluding carboxylic acids is 3. The number of alkyl carbamates (subject to hydrolysis) is 1. The molecule has 0 aliphatic heterocycles. The van der Waals surface area contributed by atoms with Gasteiger partial charge >= 0.3 is 6.09 Å². The van der Waals surface area contributed by atoms with Gasteiger partial charge in [-0.25, -0.2) is 10.6 Å². The highest BCUT2D eigenvalue weighted by molar-refractivity contribution is 8.00. The summed E-state index contributed by atoms with van der Waals surface area (Å²) in [6.45, 7) is 0.0192. The molecule has 0 heterocycles. The van der Waals surface area contributed by atoms with E-state index < -0.39 is 34.7 Å². The molecule has 3 amide bonds. The summed E-state index contributed by atoms with van der Waals surface area (Å²) in [4.78, 5) is 41.2. The molecule has 0 aromatic heterocycles. The molecule has 0 unspecified atom stereocenters. The second-order valence-corrected chi connectivity index (χ2v) is 15.3. The number of hydrogen-bond donors (Lipinski definition) is 4. The molecule has 0 spiro atoms. The Hall–Kier alpha value is -5.81. The summed E-state index contributed by atoms with van der Waals surface area (Å²) in [6, 6.07) is 57.4. The van der Waals surface area contributed by atoms with Crippen LogP contribution in [0.5, 0.6) is 0 Å². The third kappa shape index (κ3) is 10.3. The second-order valence-electron chi connectivity index (χ2n) is 13.0. The number of thioether (sulfide) groups is 2. The fourth-order valence-electron chi connectivity index (χ4n) is 6.46. The van der Waals surface area contributed by atoms with E-state index in [9.17, 15) is 14.4 Å². The molecule has 6 rings (SSSR count). The summed E-state index contributed by atoms with van der Waals surface area (Å²) in [5.41, 5.74) is 8.13. The van der Waals surface area contributed by atoms with E-state index in [-0.39, 0.29) is 23.4 Å². The van der Waals surface area contributed by atoms with Gasteiger partial charge in [0, 0.05) is 11.5 Å². The average molecular weight is 781 g/mol. The summed E-state index contributed by atoms with van der Waals surface area (Å²) in [6.07, 6.45) is -0.762. The van der Waals surface area contributed by atoms with Crippen LogP contribution < -0.4 is 21.9 Å². The van der Waals surface area contributed by atoms with Gasteiger partial charge in [-0.3, -0.25) is 15.0 Å². The molecule has 5 N–H and O–H groups in total. The van der Waals surface area contributed by atoms with Crippen molar-refractivity contribution in [3.63, 3.8) is 0 Å². The van der Waals surface area contributed by atoms with E-state index in [4.69, 9.17) is 10.6 Å². The van der Waals surface area contributed by atoms with Crippen LogP contribution in [0.2, 0.25) is 0 Å². The molecule has 8 nitrogen and oxygen atoms in total. The van der Waals surface area contributed by atoms with Crippen LogP contribution in [0.1, 0.15) is 38.6 Å². The molecule has 0 aliphatic carbocycles. The molecule has 0 bridgehead atoms. The molecular weight excluding hydrogens is 737 g/mol. The Labute approximate surface area is 336 Å². The number of nitrogens with one attached hydrogen (secondary N) is 3. The van der Waals surface area contributed by atoms with Crippen molar-refractivity contribution in [2.45, 2.75) is 28.7 Å². The summed E-state index contributed by atoms with van der Waals surface area (Å²) in [5.74, 6) is 4.89. The number of benzene rings is 6. The zero-order valence-electron chi connectivity index (χ0n) is 30.7. The first kappa shape index (κ1) is 39.9. The van der Waals surface area contributed by atoms with E-state index in [0.29, 0.717) is 0 Å². The normalized spacial score (nSPS) is 12.2. The monoisotopic (exact) mass is 780 g/mol. The number of amides is 3. The largest absolute Gasteiger partial charge is 0.445 e. The zero-order chi connectivity index (χ0) is 39.0. The van der Waals surface area contributed by atoms with Crippen molar-refractivity contribution >= 4 is 41.4 Å². The minimum Gasteiger partial charge on any atom is -0.445 e. The zero-order valence-corrected chi connectivity index (χ0v) is 32.3.